The van der Waals surface area contributed by atoms with Crippen LogP contribution in [0.4, 0.5) is 0 Å². The molecule has 1 aliphatic carbocycles. The lowest BCUT2D eigenvalue weighted by Crippen LogP contribution is -2.36. The number of aryl methyl sites for hydroxylation is 1. The highest BCUT2D eigenvalue weighted by Crippen LogP contribution is 2.47. The largest absolute Gasteiger partial charge is 0.447 e. The molecule has 0 atom stereocenters. The van der Waals surface area contributed by atoms with Crippen LogP contribution in [0.5, 0.6) is 0 Å². The first kappa shape index (κ1) is 15.8. The Hall–Kier alpha value is -2.10. The first-order chi connectivity index (χ1) is 11.1. The van der Waals surface area contributed by atoms with Gasteiger partial charge in [-0.25, -0.2) is 4.79 Å². The van der Waals surface area contributed by atoms with E-state index in [2.05, 4.69) is 0 Å². The summed E-state index contributed by atoms with van der Waals surface area (Å²) in [5.74, 6) is -0.266. The zero-order valence-corrected chi connectivity index (χ0v) is 13.7. The fourth-order valence-corrected chi connectivity index (χ4v) is 3.46. The van der Waals surface area contributed by atoms with Crippen molar-refractivity contribution in [1.29, 1.82) is 0 Å². The minimum atomic E-state index is -0.752. The molecule has 0 unspecified atom stereocenters. The second kappa shape index (κ2) is 6.19. The van der Waals surface area contributed by atoms with Crippen LogP contribution in [0, 0.1) is 6.92 Å². The number of hydrogen-bond acceptors (Lipinski definition) is 4. The Morgan fingerprint density at radius 3 is 2.57 bits per heavy atom. The molecule has 0 amide bonds. The predicted octanol–water partition coefficient (Wildman–Crippen LogP) is 3.92. The lowest BCUT2D eigenvalue weighted by atomic mass is 9.82. The molecular weight excluding hydrogens is 292 g/mol. The molecular formula is C19H22O4. The summed E-state index contributed by atoms with van der Waals surface area (Å²) in [5.41, 5.74) is 1.43. The number of carbonyl (C=O) groups excluding carboxylic acids is 2. The van der Waals surface area contributed by atoms with E-state index in [1.807, 2.05) is 31.2 Å². The molecule has 4 nitrogen and oxygen atoms in total. The van der Waals surface area contributed by atoms with Crippen LogP contribution >= 0.6 is 0 Å². The van der Waals surface area contributed by atoms with Gasteiger partial charge in [-0.1, -0.05) is 37.6 Å². The number of ether oxygens (including phenoxy) is 2. The van der Waals surface area contributed by atoms with Crippen molar-refractivity contribution in [2.24, 2.45) is 0 Å². The lowest BCUT2D eigenvalue weighted by Gasteiger charge is -2.33. The number of hydrogen-bond donors (Lipinski definition) is 0. The van der Waals surface area contributed by atoms with Crippen LogP contribution in [0.15, 0.2) is 30.0 Å². The topological polar surface area (TPSA) is 52.6 Å². The minimum Gasteiger partial charge on any atom is -0.447 e. The van der Waals surface area contributed by atoms with Gasteiger partial charge < -0.3 is 9.47 Å². The molecule has 0 bridgehead atoms. The summed E-state index contributed by atoms with van der Waals surface area (Å²) in [6, 6.07) is 7.63. The van der Waals surface area contributed by atoms with Crippen molar-refractivity contribution >= 4 is 17.5 Å². The van der Waals surface area contributed by atoms with Crippen LogP contribution in [-0.4, -0.2) is 17.5 Å². The van der Waals surface area contributed by atoms with E-state index < -0.39 is 5.60 Å². The van der Waals surface area contributed by atoms with E-state index in [9.17, 15) is 9.59 Å². The van der Waals surface area contributed by atoms with E-state index in [-0.39, 0.29) is 18.4 Å². The summed E-state index contributed by atoms with van der Waals surface area (Å²) >= 11 is 0. The third kappa shape index (κ3) is 2.78. The molecule has 1 aromatic carbocycles. The van der Waals surface area contributed by atoms with E-state index in [0.29, 0.717) is 11.3 Å². The van der Waals surface area contributed by atoms with Gasteiger partial charge in [0.05, 0.1) is 0 Å². The maximum absolute atomic E-state index is 12.6. The predicted molar refractivity (Wildman–Crippen MR) is 86.4 cm³/mol. The van der Waals surface area contributed by atoms with Gasteiger partial charge in [-0.2, -0.15) is 0 Å². The SMILES string of the molecule is CCC(=O)OC1=C(c2ccccc2C)C(=O)OC12CCCCC2. The van der Waals surface area contributed by atoms with E-state index in [1.165, 1.54) is 0 Å². The number of esters is 2. The van der Waals surface area contributed by atoms with Gasteiger partial charge >= 0.3 is 11.9 Å². The van der Waals surface area contributed by atoms with E-state index in [4.69, 9.17) is 9.47 Å². The smallest absolute Gasteiger partial charge is 0.343 e. The molecule has 3 rings (SSSR count). The quantitative estimate of drug-likeness (QED) is 0.794. The summed E-state index contributed by atoms with van der Waals surface area (Å²) in [4.78, 5) is 24.5. The number of rotatable bonds is 3. The van der Waals surface area contributed by atoms with Gasteiger partial charge in [-0.05, 0) is 43.7 Å². The minimum absolute atomic E-state index is 0.273. The zero-order chi connectivity index (χ0) is 16.4. The Kier molecular flexibility index (Phi) is 4.24. The maximum Gasteiger partial charge on any atom is 0.343 e. The van der Waals surface area contributed by atoms with Gasteiger partial charge in [0.1, 0.15) is 5.57 Å². The molecule has 0 radical (unpaired) electrons. The fourth-order valence-electron chi connectivity index (χ4n) is 3.46. The normalized spacial score (nSPS) is 19.8. The molecule has 1 fully saturated rings. The molecule has 122 valence electrons. The van der Waals surface area contributed by atoms with Gasteiger partial charge in [-0.15, -0.1) is 0 Å². The van der Waals surface area contributed by atoms with Crippen molar-refractivity contribution in [1.82, 2.24) is 0 Å². The van der Waals surface area contributed by atoms with Crippen LogP contribution in [0.1, 0.15) is 56.6 Å². The highest BCUT2D eigenvalue weighted by molar-refractivity contribution is 6.20. The van der Waals surface area contributed by atoms with Crippen LogP contribution in [0.3, 0.4) is 0 Å². The number of carbonyl (C=O) groups is 2. The second-order valence-electron chi connectivity index (χ2n) is 6.29. The van der Waals surface area contributed by atoms with Gasteiger partial charge in [0.15, 0.2) is 11.4 Å². The lowest BCUT2D eigenvalue weighted by molar-refractivity contribution is -0.155. The molecule has 1 spiro atoms. The highest BCUT2D eigenvalue weighted by Gasteiger charge is 2.51. The van der Waals surface area contributed by atoms with Crippen molar-refractivity contribution in [3.63, 3.8) is 0 Å². The zero-order valence-electron chi connectivity index (χ0n) is 13.7. The van der Waals surface area contributed by atoms with Gasteiger partial charge in [0, 0.05) is 6.42 Å². The summed E-state index contributed by atoms with van der Waals surface area (Å²) in [6.45, 7) is 3.70. The van der Waals surface area contributed by atoms with Crippen molar-refractivity contribution < 1.29 is 19.1 Å². The molecule has 1 saturated carbocycles. The molecule has 1 heterocycles. The van der Waals surface area contributed by atoms with Crippen LogP contribution in [-0.2, 0) is 19.1 Å². The molecule has 0 N–H and O–H groups in total. The maximum atomic E-state index is 12.6. The fraction of sp³-hybridized carbons (Fsp3) is 0.474. The third-order valence-corrected chi connectivity index (χ3v) is 4.71. The average molecular weight is 314 g/mol. The Labute approximate surface area is 136 Å². The molecule has 0 aromatic heterocycles. The van der Waals surface area contributed by atoms with E-state index in [0.717, 1.165) is 43.2 Å². The van der Waals surface area contributed by atoms with Crippen molar-refractivity contribution in [2.75, 3.05) is 0 Å². The Morgan fingerprint density at radius 1 is 1.22 bits per heavy atom. The highest BCUT2D eigenvalue weighted by atomic mass is 16.6. The van der Waals surface area contributed by atoms with Crippen molar-refractivity contribution in [3.8, 4) is 0 Å². The monoisotopic (exact) mass is 314 g/mol. The molecule has 0 saturated heterocycles. The molecule has 23 heavy (non-hydrogen) atoms. The Morgan fingerprint density at radius 2 is 1.91 bits per heavy atom. The summed E-state index contributed by atoms with van der Waals surface area (Å²) < 4.78 is 11.4. The number of benzene rings is 1. The van der Waals surface area contributed by atoms with Crippen LogP contribution < -0.4 is 0 Å². The molecule has 1 aliphatic heterocycles. The van der Waals surface area contributed by atoms with Crippen LogP contribution in [0.2, 0.25) is 0 Å². The first-order valence-electron chi connectivity index (χ1n) is 8.32. The van der Waals surface area contributed by atoms with E-state index >= 15 is 0 Å². The third-order valence-electron chi connectivity index (χ3n) is 4.71. The summed E-state index contributed by atoms with van der Waals surface area (Å²) in [5, 5.41) is 0. The Balaban J connectivity index is 2.14. The average Bonchev–Trinajstić information content (AvgIpc) is 2.80. The Bertz CT molecular complexity index is 666. The molecule has 2 aliphatic rings. The molecule has 1 aromatic rings. The van der Waals surface area contributed by atoms with Crippen molar-refractivity contribution in [3.05, 3.63) is 41.2 Å². The molecule has 4 heteroatoms. The van der Waals surface area contributed by atoms with E-state index in [1.54, 1.807) is 6.92 Å². The summed E-state index contributed by atoms with van der Waals surface area (Å²) in [7, 11) is 0. The van der Waals surface area contributed by atoms with Gasteiger partial charge in [0.25, 0.3) is 0 Å². The first-order valence-corrected chi connectivity index (χ1v) is 8.32. The van der Waals surface area contributed by atoms with Gasteiger partial charge in [0.2, 0.25) is 0 Å². The van der Waals surface area contributed by atoms with Crippen molar-refractivity contribution in [2.45, 2.75) is 58.0 Å². The van der Waals surface area contributed by atoms with Gasteiger partial charge in [-0.3, -0.25) is 4.79 Å². The second-order valence-corrected chi connectivity index (χ2v) is 6.29. The standard InChI is InChI=1S/C19H22O4/c1-3-15(20)22-17-16(14-10-6-5-9-13(14)2)18(21)23-19(17)11-7-4-8-12-19/h5-6,9-10H,3-4,7-8,11-12H2,1-2H3. The summed E-state index contributed by atoms with van der Waals surface area (Å²) in [6.07, 6.45) is 4.78. The van der Waals surface area contributed by atoms with Crippen LogP contribution in [0.25, 0.3) is 5.57 Å².